The Hall–Kier alpha value is -13.4. The first-order valence-corrected chi connectivity index (χ1v) is 48.0. The van der Waals surface area contributed by atoms with Gasteiger partial charge >= 0.3 is 0 Å². The summed E-state index contributed by atoms with van der Waals surface area (Å²) in [4.78, 5) is 23.2. The van der Waals surface area contributed by atoms with E-state index in [1.165, 1.54) is 55.9 Å². The molecule has 2 aliphatic carbocycles. The van der Waals surface area contributed by atoms with Crippen LogP contribution in [0.2, 0.25) is 0 Å². The molecule has 0 bridgehead atoms. The maximum Gasteiger partial charge on any atom is 0.227 e. The Morgan fingerprint density at radius 2 is 0.622 bits per heavy atom. The van der Waals surface area contributed by atoms with E-state index in [0.717, 1.165) is 169 Å². The van der Waals surface area contributed by atoms with E-state index in [4.69, 9.17) is 39.4 Å². The number of rotatable bonds is 14. The lowest BCUT2D eigenvalue weighted by atomic mass is 9.86. The lowest BCUT2D eigenvalue weighted by Gasteiger charge is -2.20. The van der Waals surface area contributed by atoms with E-state index < -0.39 is 36.8 Å². The molecule has 0 amide bonds. The summed E-state index contributed by atoms with van der Waals surface area (Å²) in [5.74, 6) is -2.78. The number of hydrogen-bond donors (Lipinski definition) is 0. The number of pyridine rings is 10. The molecule has 0 saturated heterocycles. The SMILES string of the molecule is CCc1ccc2c(n1)oc1c(-c3cc(C(C)C)cc[n+]3C)c(C)ccc12.Cc1ccc2c(n1)oc1c(-c3cc(C(C)C)cc[n+]3C)c(C)ccc12.[2H]C(C)(C)c1ccc2c(n1)oc1c(-c3cc(C(C)C)cc[n+]3C)c(C)ccc12.[2H]C1([2H])CCCC([2H])([2H])C1([2H])c1ccc2c(n1)oc1c(-c3cc(CC)cc[n+]3C)c(C)ccc12.[2H]C1([2H])CCCC1([2H])c1ccc2c(n1)oc1c(-c3cc(CC)cc[n+]3C)c(C)ccc12. The second-order valence-electron chi connectivity index (χ2n) is 37.8. The second kappa shape index (κ2) is 38.5. The first-order chi connectivity index (χ1) is 68.4. The van der Waals surface area contributed by atoms with Gasteiger partial charge in [0.15, 0.2) is 58.9 Å². The molecule has 0 aliphatic heterocycles. The third-order valence-electron chi connectivity index (χ3n) is 27.2. The zero-order valence-corrected chi connectivity index (χ0v) is 82.3. The zero-order chi connectivity index (χ0) is 103. The second-order valence-corrected chi connectivity index (χ2v) is 37.8. The molecule has 2 fully saturated rings. The summed E-state index contributed by atoms with van der Waals surface area (Å²) in [5, 5.41) is 10.0. The Bertz CT molecular complexity index is 8430. The predicted molar refractivity (Wildman–Crippen MR) is 551 cm³/mol. The van der Waals surface area contributed by atoms with Gasteiger partial charge in [-0.15, -0.1) is 0 Å². The molecule has 2 saturated carbocycles. The summed E-state index contributed by atoms with van der Waals surface area (Å²) < 4.78 is 119. The number of furan rings is 5. The molecule has 1 unspecified atom stereocenters. The summed E-state index contributed by atoms with van der Waals surface area (Å²) >= 11 is 0. The number of nitrogens with zero attached hydrogens (tertiary/aromatic N) is 10. The quantitative estimate of drug-likeness (QED) is 0.0963. The monoisotopic (exact) mass is 1800 g/mol. The minimum absolute atomic E-state index is 0.0746. The Labute approximate surface area is 806 Å². The van der Waals surface area contributed by atoms with E-state index in [1.807, 2.05) is 84.4 Å². The first kappa shape index (κ1) is 81.2. The Kier molecular flexibility index (Phi) is 23.2. The summed E-state index contributed by atoms with van der Waals surface area (Å²) in [6.45, 7) is 35.9. The average Bonchev–Trinajstić information content (AvgIpc) is 1.60. The third-order valence-corrected chi connectivity index (χ3v) is 27.2. The lowest BCUT2D eigenvalue weighted by Crippen LogP contribution is -2.31. The summed E-state index contributed by atoms with van der Waals surface area (Å²) in [6.07, 6.45) is 9.85. The van der Waals surface area contributed by atoms with Gasteiger partial charge in [-0.2, -0.15) is 0 Å². The first-order valence-electron chi connectivity index (χ1n) is 52.5. The molecule has 22 rings (SSSR count). The van der Waals surface area contributed by atoms with Crippen molar-refractivity contribution in [2.24, 2.45) is 35.2 Å². The van der Waals surface area contributed by atoms with Crippen molar-refractivity contribution in [3.8, 4) is 56.3 Å². The molecule has 5 aromatic carbocycles. The highest BCUT2D eigenvalue weighted by Crippen LogP contribution is 2.46. The molecule has 15 heterocycles. The van der Waals surface area contributed by atoms with Crippen LogP contribution in [0.4, 0.5) is 0 Å². The van der Waals surface area contributed by atoms with E-state index in [1.54, 1.807) is 12.1 Å². The molecule has 1 atom stereocenters. The van der Waals surface area contributed by atoms with Crippen LogP contribution >= 0.6 is 0 Å². The van der Waals surface area contributed by atoms with Crippen LogP contribution in [-0.4, -0.2) is 24.9 Å². The van der Waals surface area contributed by atoms with Crippen LogP contribution in [0.3, 0.4) is 0 Å². The average molecular weight is 1800 g/mol. The van der Waals surface area contributed by atoms with Crippen LogP contribution < -0.4 is 22.8 Å². The van der Waals surface area contributed by atoms with E-state index in [0.29, 0.717) is 83.3 Å². The van der Waals surface area contributed by atoms with Crippen molar-refractivity contribution in [1.82, 2.24) is 24.9 Å². The highest BCUT2D eigenvalue weighted by molar-refractivity contribution is 6.13. The van der Waals surface area contributed by atoms with Gasteiger partial charge in [-0.1, -0.05) is 169 Å². The standard InChI is InChI=1S/C26H29N2O.C25H27N2O.C24H27N2O.C23H25N2O.C22H23N2O/c1-4-18-14-15-28(3)23(16-18)24-17(2)10-11-20-21-12-13-22(19-8-6-5-7-9-19)27-26(21)29-25(20)24;1-4-17-13-14-27(3)22(15-17)23-16(2)9-10-19-20-11-12-21(18-7-5-6-8-18)26-25(20)28-24(19)23;1-14(2)17-11-12-26(6)21(13-17)22-16(5)7-8-18-19-9-10-20(15(3)4)25-24(19)27-23(18)22;1-6-17-8-10-19-18-9-7-15(4)21(22(18)26-23(19)24-17)20-13-16(14(2)3)11-12-25(20)5;1-13(2)16-10-11-24(5)19(12-16)20-14(3)6-8-17-18-9-7-15(4)23-22(18)25-21(17)20/h10-16,19H,4-9H2,1-3H3;9-15,18H,4-8H2,1-3H3;7-15H,1-6H3;7-14H,6H2,1-5H3;6-13H,1-5H3/q5*+1/i8D2,9D2,19D;7D2,18D;15D;;. The predicted octanol–water partition coefficient (Wildman–Crippen LogP) is 29.1. The van der Waals surface area contributed by atoms with Gasteiger partial charge in [0.05, 0.1) is 27.8 Å². The molecule has 0 spiro atoms. The van der Waals surface area contributed by atoms with Crippen molar-refractivity contribution < 1.29 is 57.3 Å². The van der Waals surface area contributed by atoms with Gasteiger partial charge in [0.25, 0.3) is 0 Å². The summed E-state index contributed by atoms with van der Waals surface area (Å²) in [7, 11) is 10.3. The molecule has 135 heavy (non-hydrogen) atoms. The molecule has 15 heteroatoms. The molecule has 15 nitrogen and oxygen atoms in total. The highest BCUT2D eigenvalue weighted by atomic mass is 16.4. The third kappa shape index (κ3) is 18.0. The van der Waals surface area contributed by atoms with Crippen LogP contribution in [-0.2, 0) is 54.5 Å². The van der Waals surface area contributed by atoms with Crippen molar-refractivity contribution in [2.45, 2.75) is 230 Å². The van der Waals surface area contributed by atoms with E-state index in [2.05, 4.69) is 312 Å². The largest absolute Gasteiger partial charge is 0.437 e. The number of aryl methyl sites for hydroxylation is 14. The molecular formula is C120H131N10O5+5. The Morgan fingerprint density at radius 1 is 0.319 bits per heavy atom. The Balaban J connectivity index is 0.000000119. The summed E-state index contributed by atoms with van der Waals surface area (Å²) in [6, 6.07) is 62.6. The maximum atomic E-state index is 9.00. The lowest BCUT2D eigenvalue weighted by molar-refractivity contribution is -0.660. The number of fused-ring (bicyclic) bond motifs is 15. The smallest absolute Gasteiger partial charge is 0.227 e. The van der Waals surface area contributed by atoms with Crippen LogP contribution in [0, 0.1) is 41.5 Å². The molecule has 0 N–H and O–H groups in total. The summed E-state index contributed by atoms with van der Waals surface area (Å²) in [5.41, 5.74) is 33.5. The molecule has 686 valence electrons. The zero-order valence-electron chi connectivity index (χ0n) is 91.3. The van der Waals surface area contributed by atoms with Gasteiger partial charge in [0.1, 0.15) is 35.2 Å². The van der Waals surface area contributed by atoms with Gasteiger partial charge in [-0.25, -0.2) is 47.8 Å². The fraction of sp³-hybridized carbons (Fsp3) is 0.333. The van der Waals surface area contributed by atoms with Gasteiger partial charge in [-0.05, 0) is 226 Å². The van der Waals surface area contributed by atoms with Crippen LogP contribution in [0.25, 0.3) is 167 Å². The van der Waals surface area contributed by atoms with Crippen molar-refractivity contribution in [3.05, 3.63) is 297 Å². The fourth-order valence-electron chi connectivity index (χ4n) is 18.9. The fourth-order valence-corrected chi connectivity index (χ4v) is 18.9. The van der Waals surface area contributed by atoms with E-state index >= 15 is 0 Å². The van der Waals surface area contributed by atoms with E-state index in [9.17, 15) is 0 Å². The number of hydrogen-bond acceptors (Lipinski definition) is 10. The minimum atomic E-state index is -2.12. The van der Waals surface area contributed by atoms with E-state index in [-0.39, 0.29) is 18.5 Å². The number of aromatic nitrogens is 10. The van der Waals surface area contributed by atoms with Gasteiger partial charge < -0.3 is 22.1 Å². The van der Waals surface area contributed by atoms with Gasteiger partial charge in [-0.3, -0.25) is 0 Å². The van der Waals surface area contributed by atoms with Gasteiger partial charge in [0, 0.05) is 167 Å². The van der Waals surface area contributed by atoms with Crippen molar-refractivity contribution in [3.63, 3.8) is 0 Å². The van der Waals surface area contributed by atoms with Gasteiger partial charge in [0.2, 0.25) is 57.0 Å². The van der Waals surface area contributed by atoms with Crippen molar-refractivity contribution in [1.29, 1.82) is 0 Å². The highest BCUT2D eigenvalue weighted by Gasteiger charge is 2.31. The van der Waals surface area contributed by atoms with Crippen molar-refractivity contribution in [2.75, 3.05) is 0 Å². The molecule has 20 aromatic rings. The number of benzene rings is 5. The topological polar surface area (TPSA) is 150 Å². The maximum absolute atomic E-state index is 9.00. The Morgan fingerprint density at radius 3 is 0.970 bits per heavy atom. The van der Waals surface area contributed by atoms with Crippen LogP contribution in [0.5, 0.6) is 0 Å². The molecule has 15 aromatic heterocycles. The molecule has 2 aliphatic rings. The molecular weight excluding hydrogens is 1660 g/mol. The molecule has 0 radical (unpaired) electrons. The van der Waals surface area contributed by atoms with Crippen LogP contribution in [0.15, 0.2) is 235 Å². The normalized spacial score (nSPS) is 16.6. The van der Waals surface area contributed by atoms with Crippen LogP contribution in [0.1, 0.15) is 266 Å². The van der Waals surface area contributed by atoms with Crippen molar-refractivity contribution >= 4 is 110 Å². The minimum Gasteiger partial charge on any atom is -0.437 e.